The minimum atomic E-state index is -4.16. The Morgan fingerprint density at radius 1 is 0.925 bits per heavy atom. The largest absolute Gasteiger partial charge is 0.354 e. The Kier molecular flexibility index (Phi) is 10.8. The zero-order chi connectivity index (χ0) is 29.4. The van der Waals surface area contributed by atoms with Gasteiger partial charge >= 0.3 is 0 Å². The highest BCUT2D eigenvalue weighted by Crippen LogP contribution is 2.30. The molecule has 214 valence electrons. The first-order chi connectivity index (χ1) is 19.0. The lowest BCUT2D eigenvalue weighted by atomic mass is 10.1. The van der Waals surface area contributed by atoms with E-state index in [1.54, 1.807) is 37.3 Å². The summed E-state index contributed by atoms with van der Waals surface area (Å²) in [5, 5.41) is 3.25. The van der Waals surface area contributed by atoms with Crippen molar-refractivity contribution >= 4 is 39.1 Å². The van der Waals surface area contributed by atoms with Crippen molar-refractivity contribution in [1.82, 2.24) is 10.2 Å². The Bertz CT molecular complexity index is 1440. The summed E-state index contributed by atoms with van der Waals surface area (Å²) in [6, 6.07) is 18.3. The number of hydrogen-bond acceptors (Lipinski definition) is 4. The van der Waals surface area contributed by atoms with Crippen LogP contribution in [0.1, 0.15) is 48.9 Å². The van der Waals surface area contributed by atoms with E-state index in [0.717, 1.165) is 27.4 Å². The van der Waals surface area contributed by atoms with Gasteiger partial charge in [0.1, 0.15) is 12.6 Å². The normalized spacial score (nSPS) is 12.1. The molecule has 0 unspecified atom stereocenters. The van der Waals surface area contributed by atoms with Gasteiger partial charge in [0, 0.05) is 18.1 Å². The lowest BCUT2D eigenvalue weighted by molar-refractivity contribution is -0.140. The topological polar surface area (TPSA) is 86.8 Å². The van der Waals surface area contributed by atoms with Gasteiger partial charge in [0.05, 0.1) is 10.6 Å². The van der Waals surface area contributed by atoms with Crippen LogP contribution >= 0.6 is 11.6 Å². The molecule has 0 bridgehead atoms. The van der Waals surface area contributed by atoms with Crippen molar-refractivity contribution in [3.05, 3.63) is 94.0 Å². The molecule has 0 radical (unpaired) electrons. The Balaban J connectivity index is 2.11. The predicted octanol–water partition coefficient (Wildman–Crippen LogP) is 5.79. The van der Waals surface area contributed by atoms with Crippen LogP contribution in [0, 0.1) is 20.8 Å². The maximum absolute atomic E-state index is 14.2. The summed E-state index contributed by atoms with van der Waals surface area (Å²) < 4.78 is 29.2. The van der Waals surface area contributed by atoms with Crippen LogP contribution in [0.4, 0.5) is 5.69 Å². The number of benzene rings is 3. The first-order valence-electron chi connectivity index (χ1n) is 13.5. The second-order valence-corrected chi connectivity index (χ2v) is 12.2. The molecule has 0 fully saturated rings. The molecule has 3 aromatic carbocycles. The van der Waals surface area contributed by atoms with E-state index in [0.29, 0.717) is 29.2 Å². The SMILES string of the molecule is CCCNC(=O)[C@H](CC)N(Cc1ccccc1C)C(=O)CN(c1cc(Cl)ccc1C)S(=O)(=O)c1ccc(C)cc1. The Hall–Kier alpha value is -3.36. The van der Waals surface area contributed by atoms with Crippen LogP contribution in [0.5, 0.6) is 0 Å². The molecule has 3 rings (SSSR count). The zero-order valence-corrected chi connectivity index (χ0v) is 25.3. The predicted molar refractivity (Wildman–Crippen MR) is 161 cm³/mol. The zero-order valence-electron chi connectivity index (χ0n) is 23.8. The van der Waals surface area contributed by atoms with E-state index in [1.165, 1.54) is 17.0 Å². The lowest BCUT2D eigenvalue weighted by Gasteiger charge is -2.34. The summed E-state index contributed by atoms with van der Waals surface area (Å²) in [5.74, 6) is -0.755. The van der Waals surface area contributed by atoms with Crippen LogP contribution < -0.4 is 9.62 Å². The fraction of sp³-hybridized carbons (Fsp3) is 0.355. The van der Waals surface area contributed by atoms with Crippen molar-refractivity contribution in [2.45, 2.75) is 64.9 Å². The number of aryl methyl sites for hydroxylation is 3. The van der Waals surface area contributed by atoms with Crippen LogP contribution in [-0.4, -0.2) is 44.3 Å². The van der Waals surface area contributed by atoms with Crippen molar-refractivity contribution in [1.29, 1.82) is 0 Å². The van der Waals surface area contributed by atoms with Crippen LogP contribution in [0.3, 0.4) is 0 Å². The molecular weight excluding hydrogens is 546 g/mol. The summed E-state index contributed by atoms with van der Waals surface area (Å²) in [7, 11) is -4.16. The van der Waals surface area contributed by atoms with Crippen molar-refractivity contribution in [3.8, 4) is 0 Å². The molecule has 0 aliphatic carbocycles. The molecule has 7 nitrogen and oxygen atoms in total. The highest BCUT2D eigenvalue weighted by molar-refractivity contribution is 7.92. The molecule has 0 heterocycles. The summed E-state index contributed by atoms with van der Waals surface area (Å²) in [4.78, 5) is 28.9. The first-order valence-corrected chi connectivity index (χ1v) is 15.3. The van der Waals surface area contributed by atoms with E-state index in [-0.39, 0.29) is 17.3 Å². The van der Waals surface area contributed by atoms with Gasteiger partial charge in [-0.2, -0.15) is 0 Å². The van der Waals surface area contributed by atoms with Crippen LogP contribution in [-0.2, 0) is 26.2 Å². The van der Waals surface area contributed by atoms with Gasteiger partial charge in [-0.05, 0) is 74.6 Å². The second-order valence-electron chi connectivity index (χ2n) is 9.92. The summed E-state index contributed by atoms with van der Waals surface area (Å²) in [5.41, 5.74) is 3.71. The van der Waals surface area contributed by atoms with Gasteiger partial charge < -0.3 is 10.2 Å². The summed E-state index contributed by atoms with van der Waals surface area (Å²) in [6.07, 6.45) is 1.12. The molecule has 3 aromatic rings. The third-order valence-electron chi connectivity index (χ3n) is 6.86. The smallest absolute Gasteiger partial charge is 0.264 e. The molecule has 0 saturated heterocycles. The number of halogens is 1. The minimum absolute atomic E-state index is 0.0588. The maximum Gasteiger partial charge on any atom is 0.264 e. The fourth-order valence-corrected chi connectivity index (χ4v) is 6.10. The average molecular weight is 584 g/mol. The number of anilines is 1. The molecule has 0 aliphatic heterocycles. The standard InChI is InChI=1S/C31H38ClN3O4S/c1-6-18-33-31(37)28(7-2)34(20-25-11-9-8-10-23(25)4)30(36)21-35(29-19-26(32)15-14-24(29)5)40(38,39)27-16-12-22(3)13-17-27/h8-17,19,28H,6-7,18,20-21H2,1-5H3,(H,33,37)/t28-/m0/s1. The van der Waals surface area contributed by atoms with Gasteiger partial charge in [-0.25, -0.2) is 8.42 Å². The number of rotatable bonds is 12. The van der Waals surface area contributed by atoms with Gasteiger partial charge in [-0.3, -0.25) is 13.9 Å². The van der Waals surface area contributed by atoms with E-state index < -0.39 is 28.5 Å². The Labute approximate surface area is 243 Å². The Morgan fingerprint density at radius 2 is 1.60 bits per heavy atom. The molecular formula is C31H38ClN3O4S. The van der Waals surface area contributed by atoms with Crippen LogP contribution in [0.2, 0.25) is 5.02 Å². The van der Waals surface area contributed by atoms with Gasteiger partial charge in [-0.1, -0.05) is 73.5 Å². The molecule has 1 atom stereocenters. The number of nitrogens with zero attached hydrogens (tertiary/aromatic N) is 2. The number of amides is 2. The lowest BCUT2D eigenvalue weighted by Crippen LogP contribution is -2.52. The van der Waals surface area contributed by atoms with E-state index in [4.69, 9.17) is 11.6 Å². The number of carbonyl (C=O) groups excluding carboxylic acids is 2. The van der Waals surface area contributed by atoms with Gasteiger partial charge in [0.15, 0.2) is 0 Å². The van der Waals surface area contributed by atoms with Gasteiger partial charge in [0.25, 0.3) is 10.0 Å². The molecule has 0 aromatic heterocycles. The molecule has 9 heteroatoms. The van der Waals surface area contributed by atoms with Gasteiger partial charge in [0.2, 0.25) is 11.8 Å². The average Bonchev–Trinajstić information content (AvgIpc) is 2.93. The monoisotopic (exact) mass is 583 g/mol. The highest BCUT2D eigenvalue weighted by atomic mass is 35.5. The summed E-state index contributed by atoms with van der Waals surface area (Å²) in [6.45, 7) is 9.53. The van der Waals surface area contributed by atoms with E-state index in [9.17, 15) is 18.0 Å². The third kappa shape index (κ3) is 7.43. The van der Waals surface area contributed by atoms with E-state index in [2.05, 4.69) is 5.32 Å². The molecule has 0 spiro atoms. The number of sulfonamides is 1. The molecule has 1 N–H and O–H groups in total. The van der Waals surface area contributed by atoms with Gasteiger partial charge in [-0.15, -0.1) is 0 Å². The van der Waals surface area contributed by atoms with E-state index >= 15 is 0 Å². The first kappa shape index (κ1) is 31.2. The molecule has 40 heavy (non-hydrogen) atoms. The second kappa shape index (κ2) is 13.8. The van der Waals surface area contributed by atoms with Crippen molar-refractivity contribution in [2.24, 2.45) is 0 Å². The molecule has 0 saturated carbocycles. The van der Waals surface area contributed by atoms with Crippen molar-refractivity contribution in [3.63, 3.8) is 0 Å². The van der Waals surface area contributed by atoms with Crippen LogP contribution in [0.15, 0.2) is 71.6 Å². The Morgan fingerprint density at radius 3 is 2.23 bits per heavy atom. The quantitative estimate of drug-likeness (QED) is 0.292. The number of nitrogens with one attached hydrogen (secondary N) is 1. The molecule has 0 aliphatic rings. The molecule has 2 amide bonds. The third-order valence-corrected chi connectivity index (χ3v) is 8.87. The van der Waals surface area contributed by atoms with Crippen molar-refractivity contribution < 1.29 is 18.0 Å². The maximum atomic E-state index is 14.2. The fourth-order valence-electron chi connectivity index (χ4n) is 4.46. The highest BCUT2D eigenvalue weighted by Gasteiger charge is 2.34. The number of hydrogen-bond donors (Lipinski definition) is 1. The summed E-state index contributed by atoms with van der Waals surface area (Å²) >= 11 is 6.29. The number of carbonyl (C=O) groups is 2. The van der Waals surface area contributed by atoms with E-state index in [1.807, 2.05) is 52.0 Å². The van der Waals surface area contributed by atoms with Crippen LogP contribution in [0.25, 0.3) is 0 Å². The van der Waals surface area contributed by atoms with Crippen molar-refractivity contribution in [2.75, 3.05) is 17.4 Å². The minimum Gasteiger partial charge on any atom is -0.354 e.